The number of nitrogens with zero attached hydrogens (tertiary/aromatic N) is 1. The molecule has 0 saturated heterocycles. The summed E-state index contributed by atoms with van der Waals surface area (Å²) in [6, 6.07) is 72.2. The second-order valence-electron chi connectivity index (χ2n) is 14.1. The van der Waals surface area contributed by atoms with Gasteiger partial charge >= 0.3 is 0 Å². The van der Waals surface area contributed by atoms with Crippen LogP contribution in [-0.4, -0.2) is 0 Å². The molecule has 3 heteroatoms. The molecule has 0 radical (unpaired) electrons. The average molecular weight is 720 g/mol. The number of furan rings is 1. The Kier molecular flexibility index (Phi) is 7.39. The molecule has 0 aliphatic rings. The van der Waals surface area contributed by atoms with E-state index in [-0.39, 0.29) is 0 Å². The third kappa shape index (κ3) is 5.40. The summed E-state index contributed by atoms with van der Waals surface area (Å²) in [4.78, 5) is 2.38. The fourth-order valence-corrected chi connectivity index (χ4v) is 9.36. The van der Waals surface area contributed by atoms with Crippen LogP contribution in [0.3, 0.4) is 0 Å². The highest BCUT2D eigenvalue weighted by atomic mass is 32.1. The van der Waals surface area contributed by atoms with Crippen LogP contribution in [0, 0.1) is 0 Å². The molecule has 55 heavy (non-hydrogen) atoms. The predicted octanol–water partition coefficient (Wildman–Crippen LogP) is 15.6. The zero-order chi connectivity index (χ0) is 36.3. The Hall–Kier alpha value is -6.94. The van der Waals surface area contributed by atoms with Crippen LogP contribution >= 0.6 is 11.3 Å². The van der Waals surface area contributed by atoms with Gasteiger partial charge in [-0.1, -0.05) is 146 Å². The van der Waals surface area contributed by atoms with E-state index < -0.39 is 0 Å². The zero-order valence-corrected chi connectivity index (χ0v) is 30.6. The fourth-order valence-electron chi connectivity index (χ4n) is 8.15. The van der Waals surface area contributed by atoms with Gasteiger partial charge in [-0.05, 0) is 98.8 Å². The first-order valence-corrected chi connectivity index (χ1v) is 19.5. The molecule has 0 saturated carbocycles. The molecule has 2 heterocycles. The molecule has 2 nitrogen and oxygen atoms in total. The largest absolute Gasteiger partial charge is 0.454 e. The normalized spacial score (nSPS) is 11.6. The molecule has 0 N–H and O–H groups in total. The van der Waals surface area contributed by atoms with Crippen LogP contribution < -0.4 is 4.90 Å². The number of thiophene rings is 1. The molecule has 11 aromatic rings. The Morgan fingerprint density at radius 1 is 0.364 bits per heavy atom. The Bertz CT molecular complexity index is 3110. The van der Waals surface area contributed by atoms with E-state index >= 15 is 0 Å². The summed E-state index contributed by atoms with van der Waals surface area (Å²) in [5.74, 6) is 0. The van der Waals surface area contributed by atoms with Crippen molar-refractivity contribution in [3.63, 3.8) is 0 Å². The summed E-state index contributed by atoms with van der Waals surface area (Å²) < 4.78 is 9.18. The molecular weight excluding hydrogens is 687 g/mol. The quantitative estimate of drug-likeness (QED) is 0.170. The van der Waals surface area contributed by atoms with E-state index in [1.807, 2.05) is 17.4 Å². The van der Waals surface area contributed by atoms with Gasteiger partial charge in [0.15, 0.2) is 5.58 Å². The summed E-state index contributed by atoms with van der Waals surface area (Å²) in [5, 5.41) is 7.29. The second kappa shape index (κ2) is 12.9. The molecule has 0 amide bonds. The minimum atomic E-state index is 0.879. The van der Waals surface area contributed by atoms with Gasteiger partial charge in [-0.15, -0.1) is 11.3 Å². The Balaban J connectivity index is 1.01. The number of rotatable bonds is 6. The Morgan fingerprint density at radius 2 is 0.927 bits per heavy atom. The number of benzene rings is 9. The van der Waals surface area contributed by atoms with Gasteiger partial charge in [-0.3, -0.25) is 0 Å². The van der Waals surface area contributed by atoms with Gasteiger partial charge < -0.3 is 9.32 Å². The maximum Gasteiger partial charge on any atom is 0.159 e. The minimum Gasteiger partial charge on any atom is -0.454 e. The van der Waals surface area contributed by atoms with E-state index in [4.69, 9.17) is 4.42 Å². The minimum absolute atomic E-state index is 0.879. The van der Waals surface area contributed by atoms with Gasteiger partial charge in [0.05, 0.1) is 16.1 Å². The topological polar surface area (TPSA) is 16.4 Å². The molecule has 0 spiro atoms. The molecule has 9 aromatic carbocycles. The Morgan fingerprint density at radius 3 is 1.71 bits per heavy atom. The molecule has 0 aliphatic carbocycles. The summed E-state index contributed by atoms with van der Waals surface area (Å²) >= 11 is 1.84. The van der Waals surface area contributed by atoms with Crippen LogP contribution in [0.4, 0.5) is 17.1 Å². The van der Waals surface area contributed by atoms with Gasteiger partial charge in [0, 0.05) is 31.9 Å². The maximum absolute atomic E-state index is 6.64. The molecule has 0 atom stereocenters. The first kappa shape index (κ1) is 31.6. The number of fused-ring (bicyclic) bond motifs is 7. The van der Waals surface area contributed by atoms with E-state index in [2.05, 4.69) is 199 Å². The lowest BCUT2D eigenvalue weighted by Crippen LogP contribution is -2.10. The predicted molar refractivity (Wildman–Crippen MR) is 235 cm³/mol. The smallest absolute Gasteiger partial charge is 0.159 e. The third-order valence-corrected chi connectivity index (χ3v) is 12.1. The lowest BCUT2D eigenvalue weighted by Gasteiger charge is -2.26. The van der Waals surface area contributed by atoms with Gasteiger partial charge in [-0.2, -0.15) is 0 Å². The second-order valence-corrected chi connectivity index (χ2v) is 15.2. The van der Waals surface area contributed by atoms with Gasteiger partial charge in [0.1, 0.15) is 5.58 Å². The molecule has 0 aliphatic heterocycles. The molecule has 0 fully saturated rings. The van der Waals surface area contributed by atoms with Crippen molar-refractivity contribution in [2.24, 2.45) is 0 Å². The first-order valence-electron chi connectivity index (χ1n) is 18.7. The van der Waals surface area contributed by atoms with E-state index in [9.17, 15) is 0 Å². The highest BCUT2D eigenvalue weighted by Gasteiger charge is 2.22. The van der Waals surface area contributed by atoms with Crippen molar-refractivity contribution in [1.29, 1.82) is 0 Å². The van der Waals surface area contributed by atoms with E-state index in [1.165, 1.54) is 64.3 Å². The molecule has 0 bridgehead atoms. The highest BCUT2D eigenvalue weighted by molar-refractivity contribution is 7.26. The summed E-state index contributed by atoms with van der Waals surface area (Å²) in [6.45, 7) is 0. The van der Waals surface area contributed by atoms with Gasteiger partial charge in [0.2, 0.25) is 0 Å². The number of hydrogen-bond donors (Lipinski definition) is 0. The van der Waals surface area contributed by atoms with Crippen LogP contribution in [-0.2, 0) is 0 Å². The van der Waals surface area contributed by atoms with Crippen LogP contribution in [0.2, 0.25) is 0 Å². The van der Waals surface area contributed by atoms with E-state index in [0.717, 1.165) is 39.0 Å². The average Bonchev–Trinajstić information content (AvgIpc) is 3.84. The van der Waals surface area contributed by atoms with Crippen molar-refractivity contribution >= 4 is 81.3 Å². The molecule has 11 rings (SSSR count). The Labute approximate surface area is 322 Å². The summed E-state index contributed by atoms with van der Waals surface area (Å²) in [7, 11) is 0. The SMILES string of the molecule is c1cc(-c2ccc(N(c3cccc4c3oc3ccccc34)c3cccc4c3sc3ccccc34)cc2)cc(-c2cccc(-c3ccc4ccccc4c3)c2)c1. The van der Waals surface area contributed by atoms with Crippen molar-refractivity contribution in [2.75, 3.05) is 4.90 Å². The van der Waals surface area contributed by atoms with Crippen LogP contribution in [0.5, 0.6) is 0 Å². The molecule has 258 valence electrons. The van der Waals surface area contributed by atoms with Gasteiger partial charge in [-0.25, -0.2) is 0 Å². The van der Waals surface area contributed by atoms with Crippen LogP contribution in [0.1, 0.15) is 0 Å². The van der Waals surface area contributed by atoms with Gasteiger partial charge in [0.25, 0.3) is 0 Å². The number of hydrogen-bond acceptors (Lipinski definition) is 3. The summed E-state index contributed by atoms with van der Waals surface area (Å²) in [6.07, 6.45) is 0. The monoisotopic (exact) mass is 719 g/mol. The lowest BCUT2D eigenvalue weighted by atomic mass is 9.95. The third-order valence-electron chi connectivity index (χ3n) is 10.8. The maximum atomic E-state index is 6.64. The van der Waals surface area contributed by atoms with Crippen molar-refractivity contribution in [3.8, 4) is 33.4 Å². The number of para-hydroxylation sites is 2. The van der Waals surface area contributed by atoms with E-state index in [0.29, 0.717) is 0 Å². The zero-order valence-electron chi connectivity index (χ0n) is 29.8. The van der Waals surface area contributed by atoms with Crippen LogP contribution in [0.25, 0.3) is 86.3 Å². The fraction of sp³-hybridized carbons (Fsp3) is 0. The number of anilines is 3. The molecular formula is C52H33NOS. The van der Waals surface area contributed by atoms with E-state index in [1.54, 1.807) is 0 Å². The van der Waals surface area contributed by atoms with Crippen molar-refractivity contribution in [2.45, 2.75) is 0 Å². The lowest BCUT2D eigenvalue weighted by molar-refractivity contribution is 0.669. The van der Waals surface area contributed by atoms with Crippen molar-refractivity contribution < 1.29 is 4.42 Å². The highest BCUT2D eigenvalue weighted by Crippen LogP contribution is 2.47. The van der Waals surface area contributed by atoms with Crippen molar-refractivity contribution in [1.82, 2.24) is 0 Å². The molecule has 2 aromatic heterocycles. The first-order chi connectivity index (χ1) is 27.2. The van der Waals surface area contributed by atoms with Crippen molar-refractivity contribution in [3.05, 3.63) is 200 Å². The standard InChI is InChI=1S/C52H33NOS/c1-2-12-36-32-41(26-25-34(36)11-1)40-16-8-15-39(33-40)38-14-7-13-37(31-38)35-27-29-42(30-28-35)53(47-21-9-19-45-43-17-3-5-23-49(43)54-51(45)47)48-22-10-20-46-44-18-4-6-24-50(44)55-52(46)48/h1-33H. The molecule has 0 unspecified atom stereocenters. The summed E-state index contributed by atoms with van der Waals surface area (Å²) in [5.41, 5.74) is 12.2. The van der Waals surface area contributed by atoms with Crippen LogP contribution in [0.15, 0.2) is 205 Å².